The highest BCUT2D eigenvalue weighted by molar-refractivity contribution is 7.47. The molecule has 0 amide bonds. The molecule has 0 aromatic carbocycles. The summed E-state index contributed by atoms with van der Waals surface area (Å²) in [6.45, 7) is 2.80. The predicted molar refractivity (Wildman–Crippen MR) is 217 cm³/mol. The van der Waals surface area contributed by atoms with Crippen molar-refractivity contribution in [2.24, 2.45) is 5.73 Å². The van der Waals surface area contributed by atoms with Crippen molar-refractivity contribution in [3.05, 3.63) is 12.2 Å². The van der Waals surface area contributed by atoms with Crippen molar-refractivity contribution < 1.29 is 47.5 Å². The van der Waals surface area contributed by atoms with Gasteiger partial charge in [-0.3, -0.25) is 23.4 Å². The van der Waals surface area contributed by atoms with Gasteiger partial charge in [0.05, 0.1) is 13.2 Å². The number of hydrogen-bond acceptors (Lipinski definition) is 9. The molecule has 3 atom stereocenters. The van der Waals surface area contributed by atoms with Crippen LogP contribution in [0.15, 0.2) is 12.2 Å². The molecule has 54 heavy (non-hydrogen) atoms. The summed E-state index contributed by atoms with van der Waals surface area (Å²) in [4.78, 5) is 45.9. The molecule has 0 heterocycles. The van der Waals surface area contributed by atoms with Gasteiger partial charge in [-0.25, -0.2) is 4.57 Å². The molecule has 1 unspecified atom stereocenters. The molecule has 0 fully saturated rings. The Kier molecular flexibility index (Phi) is 36.9. The second-order valence-electron chi connectivity index (χ2n) is 14.8. The molecule has 0 aliphatic rings. The molecule has 0 rings (SSSR count). The van der Waals surface area contributed by atoms with E-state index in [0.717, 1.165) is 44.9 Å². The number of esters is 2. The molecule has 0 saturated heterocycles. The Balaban J connectivity index is 4.34. The Labute approximate surface area is 328 Å². The first kappa shape index (κ1) is 52.2. The van der Waals surface area contributed by atoms with Gasteiger partial charge in [0, 0.05) is 12.8 Å². The van der Waals surface area contributed by atoms with Crippen molar-refractivity contribution >= 4 is 25.7 Å². The second-order valence-corrected chi connectivity index (χ2v) is 16.3. The highest BCUT2D eigenvalue weighted by atomic mass is 31.2. The molecular formula is C42H80NO10P. The number of carbonyl (C=O) groups is 3. The lowest BCUT2D eigenvalue weighted by atomic mass is 10.0. The normalized spacial score (nSPS) is 13.9. The van der Waals surface area contributed by atoms with Crippen LogP contribution in [0.1, 0.15) is 206 Å². The molecule has 0 bridgehead atoms. The van der Waals surface area contributed by atoms with E-state index in [2.05, 4.69) is 30.5 Å². The lowest BCUT2D eigenvalue weighted by Crippen LogP contribution is -2.34. The third-order valence-electron chi connectivity index (χ3n) is 9.51. The smallest absolute Gasteiger partial charge is 0.472 e. The number of nitrogens with two attached hydrogens (primary N) is 1. The molecule has 0 aromatic heterocycles. The van der Waals surface area contributed by atoms with E-state index in [1.54, 1.807) is 0 Å². The van der Waals surface area contributed by atoms with Crippen LogP contribution in [0.25, 0.3) is 0 Å². The van der Waals surface area contributed by atoms with Gasteiger partial charge in [0.1, 0.15) is 12.6 Å². The minimum absolute atomic E-state index is 0.166. The van der Waals surface area contributed by atoms with Gasteiger partial charge in [0.25, 0.3) is 0 Å². The maximum atomic E-state index is 12.6. The Morgan fingerprint density at radius 1 is 0.556 bits per heavy atom. The lowest BCUT2D eigenvalue weighted by Gasteiger charge is -2.20. The van der Waals surface area contributed by atoms with Crippen LogP contribution < -0.4 is 5.73 Å². The number of unbranched alkanes of at least 4 members (excludes halogenated alkanes) is 25. The second kappa shape index (κ2) is 38.1. The fourth-order valence-corrected chi connectivity index (χ4v) is 6.84. The van der Waals surface area contributed by atoms with Crippen molar-refractivity contribution in [3.8, 4) is 0 Å². The highest BCUT2D eigenvalue weighted by Crippen LogP contribution is 2.43. The average Bonchev–Trinajstić information content (AvgIpc) is 3.14. The maximum absolute atomic E-state index is 12.6. The first-order chi connectivity index (χ1) is 26.1. The van der Waals surface area contributed by atoms with Crippen LogP contribution in [0.2, 0.25) is 0 Å². The van der Waals surface area contributed by atoms with Crippen molar-refractivity contribution in [1.29, 1.82) is 0 Å². The number of carboxylic acid groups (broad SMARTS) is 1. The summed E-state index contributed by atoms with van der Waals surface area (Å²) in [5.41, 5.74) is 5.33. The van der Waals surface area contributed by atoms with Gasteiger partial charge in [-0.2, -0.15) is 0 Å². The number of phosphoric ester groups is 1. The number of ether oxygens (including phenoxy) is 2. The Morgan fingerprint density at radius 2 is 0.926 bits per heavy atom. The van der Waals surface area contributed by atoms with Gasteiger partial charge in [0.15, 0.2) is 6.10 Å². The van der Waals surface area contributed by atoms with Gasteiger partial charge < -0.3 is 25.2 Å². The van der Waals surface area contributed by atoms with Gasteiger partial charge in [-0.15, -0.1) is 0 Å². The van der Waals surface area contributed by atoms with E-state index in [1.807, 2.05) is 0 Å². The number of carboxylic acids is 1. The van der Waals surface area contributed by atoms with E-state index in [9.17, 15) is 23.8 Å². The summed E-state index contributed by atoms with van der Waals surface area (Å²) in [6.07, 6.45) is 37.0. The van der Waals surface area contributed by atoms with E-state index in [1.165, 1.54) is 122 Å². The minimum Gasteiger partial charge on any atom is -0.480 e. The molecule has 0 aromatic rings. The summed E-state index contributed by atoms with van der Waals surface area (Å²) in [5.74, 6) is -2.37. The summed E-state index contributed by atoms with van der Waals surface area (Å²) in [7, 11) is -4.71. The molecule has 0 aliphatic heterocycles. The Morgan fingerprint density at radius 3 is 1.37 bits per heavy atom. The minimum atomic E-state index is -4.71. The number of rotatable bonds is 41. The third kappa shape index (κ3) is 37.2. The highest BCUT2D eigenvalue weighted by Gasteiger charge is 2.28. The predicted octanol–water partition coefficient (Wildman–Crippen LogP) is 11.3. The summed E-state index contributed by atoms with van der Waals surface area (Å²) < 4.78 is 32.7. The quantitative estimate of drug-likeness (QED) is 0.0233. The summed E-state index contributed by atoms with van der Waals surface area (Å²) >= 11 is 0. The average molecular weight is 790 g/mol. The van der Waals surface area contributed by atoms with Crippen LogP contribution in [0.4, 0.5) is 0 Å². The molecule has 318 valence electrons. The van der Waals surface area contributed by atoms with Crippen molar-refractivity contribution in [2.45, 2.75) is 219 Å². The molecule has 0 aliphatic carbocycles. The Bertz CT molecular complexity index is 979. The number of phosphoric acid groups is 1. The van der Waals surface area contributed by atoms with E-state index in [4.69, 9.17) is 24.8 Å². The van der Waals surface area contributed by atoms with E-state index < -0.39 is 51.1 Å². The number of allylic oxidation sites excluding steroid dienone is 2. The standard InChI is InChI=1S/C42H80NO10P/c1-3-5-7-9-11-13-15-17-19-21-23-25-27-29-31-33-40(44)50-35-38(36-51-54(48,49)52-37-39(43)42(46)47)53-41(45)34-32-30-28-26-24-22-20-18-16-14-12-10-8-6-4-2/h13,15,38-39H,3-12,14,16-37,43H2,1-2H3,(H,46,47)(H,48,49)/b15-13-/t38-,39+/m1/s1. The molecule has 0 saturated carbocycles. The van der Waals surface area contributed by atoms with Crippen molar-refractivity contribution in [2.75, 3.05) is 19.8 Å². The zero-order chi connectivity index (χ0) is 40.0. The summed E-state index contributed by atoms with van der Waals surface area (Å²) in [6, 6.07) is -1.52. The van der Waals surface area contributed by atoms with Gasteiger partial charge >= 0.3 is 25.7 Å². The topological polar surface area (TPSA) is 172 Å². The van der Waals surface area contributed by atoms with Crippen LogP contribution in [-0.4, -0.2) is 59.9 Å². The first-order valence-electron chi connectivity index (χ1n) is 21.7. The molecule has 11 nitrogen and oxygen atoms in total. The van der Waals surface area contributed by atoms with E-state index in [-0.39, 0.29) is 19.4 Å². The summed E-state index contributed by atoms with van der Waals surface area (Å²) in [5, 5.41) is 8.88. The fraction of sp³-hybridized carbons (Fsp3) is 0.881. The van der Waals surface area contributed by atoms with E-state index in [0.29, 0.717) is 12.8 Å². The van der Waals surface area contributed by atoms with Crippen molar-refractivity contribution in [3.63, 3.8) is 0 Å². The van der Waals surface area contributed by atoms with Crippen LogP contribution in [0, 0.1) is 0 Å². The number of aliphatic carboxylic acids is 1. The monoisotopic (exact) mass is 790 g/mol. The maximum Gasteiger partial charge on any atom is 0.472 e. The fourth-order valence-electron chi connectivity index (χ4n) is 6.06. The molecule has 4 N–H and O–H groups in total. The number of hydrogen-bond donors (Lipinski definition) is 3. The van der Waals surface area contributed by atoms with Gasteiger partial charge in [-0.1, -0.05) is 167 Å². The van der Waals surface area contributed by atoms with Crippen molar-refractivity contribution in [1.82, 2.24) is 0 Å². The molecule has 12 heteroatoms. The number of carbonyl (C=O) groups excluding carboxylic acids is 2. The molecular weight excluding hydrogens is 709 g/mol. The van der Waals surface area contributed by atoms with E-state index >= 15 is 0 Å². The van der Waals surface area contributed by atoms with Gasteiger partial charge in [0.2, 0.25) is 0 Å². The van der Waals surface area contributed by atoms with Crippen LogP contribution in [0.3, 0.4) is 0 Å². The largest absolute Gasteiger partial charge is 0.480 e. The van der Waals surface area contributed by atoms with Crippen LogP contribution >= 0.6 is 7.82 Å². The SMILES string of the molecule is CCCCCC/C=C\CCCCCCCCCC(=O)OC[C@H](COP(=O)(O)OC[C@H](N)C(=O)O)OC(=O)CCCCCCCCCCCCCCCCC. The van der Waals surface area contributed by atoms with Crippen LogP contribution in [-0.2, 0) is 37.5 Å². The lowest BCUT2D eigenvalue weighted by molar-refractivity contribution is -0.161. The van der Waals surface area contributed by atoms with Gasteiger partial charge in [-0.05, 0) is 38.5 Å². The molecule has 0 radical (unpaired) electrons. The zero-order valence-corrected chi connectivity index (χ0v) is 35.2. The third-order valence-corrected chi connectivity index (χ3v) is 10.5. The molecule has 0 spiro atoms. The van der Waals surface area contributed by atoms with Crippen LogP contribution in [0.5, 0.6) is 0 Å². The Hall–Kier alpha value is -1.78. The zero-order valence-electron chi connectivity index (χ0n) is 34.3. The first-order valence-corrected chi connectivity index (χ1v) is 23.2.